The minimum atomic E-state index is -0.446. The molecule has 3 rings (SSSR count). The molecule has 122 valence electrons. The van der Waals surface area contributed by atoms with E-state index in [4.69, 9.17) is 4.74 Å². The third-order valence-corrected chi connectivity index (χ3v) is 4.37. The van der Waals surface area contributed by atoms with E-state index in [-0.39, 0.29) is 11.6 Å². The van der Waals surface area contributed by atoms with Gasteiger partial charge in [-0.15, -0.1) is 11.3 Å². The molecular weight excluding hydrogens is 325 g/mol. The van der Waals surface area contributed by atoms with Crippen LogP contribution in [0.4, 0.5) is 10.1 Å². The number of hydrogen-bond acceptors (Lipinski definition) is 3. The maximum Gasteiger partial charge on any atom is 0.265 e. The fourth-order valence-electron chi connectivity index (χ4n) is 2.17. The van der Waals surface area contributed by atoms with Crippen LogP contribution in [0.3, 0.4) is 0 Å². The van der Waals surface area contributed by atoms with Crippen molar-refractivity contribution in [3.05, 3.63) is 81.8 Å². The molecule has 0 spiro atoms. The zero-order valence-electron chi connectivity index (χ0n) is 13.1. The smallest absolute Gasteiger partial charge is 0.265 e. The predicted octanol–water partition coefficient (Wildman–Crippen LogP) is 5.03. The molecule has 1 aromatic heterocycles. The third-order valence-electron chi connectivity index (χ3n) is 3.40. The van der Waals surface area contributed by atoms with Crippen LogP contribution in [0, 0.1) is 12.7 Å². The highest BCUT2D eigenvalue weighted by Gasteiger charge is 2.12. The van der Waals surface area contributed by atoms with Gasteiger partial charge >= 0.3 is 0 Å². The van der Waals surface area contributed by atoms with Gasteiger partial charge in [-0.3, -0.25) is 4.79 Å². The fourth-order valence-corrected chi connectivity index (χ4v) is 2.96. The number of rotatable bonds is 5. The highest BCUT2D eigenvalue weighted by Crippen LogP contribution is 2.21. The lowest BCUT2D eigenvalue weighted by molar-refractivity contribution is 0.103. The number of para-hydroxylation sites is 1. The van der Waals surface area contributed by atoms with Gasteiger partial charge in [0.2, 0.25) is 0 Å². The van der Waals surface area contributed by atoms with E-state index in [0.717, 1.165) is 16.9 Å². The van der Waals surface area contributed by atoms with Gasteiger partial charge in [-0.1, -0.05) is 24.3 Å². The Morgan fingerprint density at radius 2 is 1.96 bits per heavy atom. The first-order chi connectivity index (χ1) is 11.6. The van der Waals surface area contributed by atoms with Gasteiger partial charge in [0, 0.05) is 5.56 Å². The molecule has 0 aliphatic heterocycles. The molecule has 0 unspecified atom stereocenters. The van der Waals surface area contributed by atoms with Gasteiger partial charge in [0.05, 0.1) is 10.6 Å². The lowest BCUT2D eigenvalue weighted by Gasteiger charge is -2.06. The monoisotopic (exact) mass is 341 g/mol. The van der Waals surface area contributed by atoms with Crippen LogP contribution in [0.5, 0.6) is 5.75 Å². The van der Waals surface area contributed by atoms with E-state index < -0.39 is 5.82 Å². The summed E-state index contributed by atoms with van der Waals surface area (Å²) in [7, 11) is 0. The molecule has 0 radical (unpaired) electrons. The van der Waals surface area contributed by atoms with Crippen molar-refractivity contribution >= 4 is 22.9 Å². The second kappa shape index (κ2) is 7.27. The zero-order chi connectivity index (χ0) is 16.9. The zero-order valence-corrected chi connectivity index (χ0v) is 13.9. The number of benzene rings is 2. The molecule has 0 aliphatic carbocycles. The standard InChI is InChI=1S/C19H16FNO2S/c1-13-7-8-16(20)17(9-13)21-19(22)18-10-14(12-24-18)11-23-15-5-3-2-4-6-15/h2-10,12H,11H2,1H3,(H,21,22). The summed E-state index contributed by atoms with van der Waals surface area (Å²) in [6, 6.07) is 15.9. The molecule has 1 N–H and O–H groups in total. The summed E-state index contributed by atoms with van der Waals surface area (Å²) in [5.41, 5.74) is 1.98. The average Bonchev–Trinajstić information content (AvgIpc) is 3.06. The van der Waals surface area contributed by atoms with Gasteiger partial charge in [-0.25, -0.2) is 4.39 Å². The first-order valence-electron chi connectivity index (χ1n) is 7.44. The second-order valence-corrected chi connectivity index (χ2v) is 6.27. The number of nitrogens with one attached hydrogen (secondary N) is 1. The lowest BCUT2D eigenvalue weighted by atomic mass is 10.2. The summed E-state index contributed by atoms with van der Waals surface area (Å²) < 4.78 is 19.4. The number of hydrogen-bond donors (Lipinski definition) is 1. The first kappa shape index (κ1) is 16.2. The van der Waals surface area contributed by atoms with E-state index >= 15 is 0 Å². The van der Waals surface area contributed by atoms with Crippen molar-refractivity contribution < 1.29 is 13.9 Å². The minimum absolute atomic E-state index is 0.190. The third kappa shape index (κ3) is 4.00. The summed E-state index contributed by atoms with van der Waals surface area (Å²) in [5, 5.41) is 4.48. The highest BCUT2D eigenvalue weighted by atomic mass is 32.1. The molecule has 0 atom stereocenters. The van der Waals surface area contributed by atoms with Crippen molar-refractivity contribution in [3.63, 3.8) is 0 Å². The average molecular weight is 341 g/mol. The van der Waals surface area contributed by atoms with Gasteiger partial charge in [0.1, 0.15) is 18.2 Å². The molecular formula is C19H16FNO2S. The van der Waals surface area contributed by atoms with Crippen molar-refractivity contribution in [2.45, 2.75) is 13.5 Å². The van der Waals surface area contributed by atoms with Crippen molar-refractivity contribution in [2.24, 2.45) is 0 Å². The van der Waals surface area contributed by atoms with Crippen molar-refractivity contribution in [2.75, 3.05) is 5.32 Å². The van der Waals surface area contributed by atoms with E-state index in [9.17, 15) is 9.18 Å². The highest BCUT2D eigenvalue weighted by molar-refractivity contribution is 7.12. The molecule has 24 heavy (non-hydrogen) atoms. The molecule has 3 nitrogen and oxygen atoms in total. The topological polar surface area (TPSA) is 38.3 Å². The summed E-state index contributed by atoms with van der Waals surface area (Å²) in [4.78, 5) is 12.8. The molecule has 0 saturated carbocycles. The summed E-state index contributed by atoms with van der Waals surface area (Å²) in [6.07, 6.45) is 0. The number of thiophene rings is 1. The molecule has 1 amide bonds. The minimum Gasteiger partial charge on any atom is -0.489 e. The Kier molecular flexibility index (Phi) is 4.91. The Hall–Kier alpha value is -2.66. The maximum atomic E-state index is 13.7. The number of ether oxygens (including phenoxy) is 1. The number of halogens is 1. The van der Waals surface area contributed by atoms with Crippen LogP contribution >= 0.6 is 11.3 Å². The SMILES string of the molecule is Cc1ccc(F)c(NC(=O)c2cc(COc3ccccc3)cs2)c1. The van der Waals surface area contributed by atoms with E-state index in [0.29, 0.717) is 11.5 Å². The van der Waals surface area contributed by atoms with Gasteiger partial charge in [-0.2, -0.15) is 0 Å². The fraction of sp³-hybridized carbons (Fsp3) is 0.105. The van der Waals surface area contributed by atoms with Gasteiger partial charge < -0.3 is 10.1 Å². The number of carbonyl (C=O) groups excluding carboxylic acids is 1. The van der Waals surface area contributed by atoms with E-state index in [1.807, 2.05) is 42.6 Å². The van der Waals surface area contributed by atoms with Gasteiger partial charge in [0.15, 0.2) is 0 Å². The number of carbonyl (C=O) groups is 1. The quantitative estimate of drug-likeness (QED) is 0.707. The second-order valence-electron chi connectivity index (χ2n) is 5.36. The summed E-state index contributed by atoms with van der Waals surface area (Å²) in [6.45, 7) is 2.23. The molecule has 0 saturated heterocycles. The number of amides is 1. The Balaban J connectivity index is 1.64. The lowest BCUT2D eigenvalue weighted by Crippen LogP contribution is -2.11. The molecule has 0 bridgehead atoms. The number of aryl methyl sites for hydroxylation is 1. The van der Waals surface area contributed by atoms with Crippen LogP contribution < -0.4 is 10.1 Å². The predicted molar refractivity (Wildman–Crippen MR) is 94.2 cm³/mol. The summed E-state index contributed by atoms with van der Waals surface area (Å²) in [5.74, 6) is 0.00475. The molecule has 3 aromatic rings. The van der Waals surface area contributed by atoms with E-state index in [1.165, 1.54) is 17.4 Å². The molecule has 2 aromatic carbocycles. The Morgan fingerprint density at radius 1 is 1.17 bits per heavy atom. The molecule has 5 heteroatoms. The van der Waals surface area contributed by atoms with Crippen LogP contribution in [0.1, 0.15) is 20.8 Å². The van der Waals surface area contributed by atoms with Crippen molar-refractivity contribution in [1.82, 2.24) is 0 Å². The van der Waals surface area contributed by atoms with Crippen LogP contribution in [0.25, 0.3) is 0 Å². The Labute approximate surface area is 143 Å². The van der Waals surface area contributed by atoms with Gasteiger partial charge in [0.25, 0.3) is 5.91 Å². The normalized spacial score (nSPS) is 10.4. The first-order valence-corrected chi connectivity index (χ1v) is 8.32. The largest absolute Gasteiger partial charge is 0.489 e. The summed E-state index contributed by atoms with van der Waals surface area (Å²) >= 11 is 1.31. The van der Waals surface area contributed by atoms with E-state index in [1.54, 1.807) is 18.2 Å². The van der Waals surface area contributed by atoms with Crippen molar-refractivity contribution in [3.8, 4) is 5.75 Å². The van der Waals surface area contributed by atoms with E-state index in [2.05, 4.69) is 5.32 Å². The molecule has 1 heterocycles. The van der Waals surface area contributed by atoms with Crippen LogP contribution in [0.2, 0.25) is 0 Å². The van der Waals surface area contributed by atoms with Crippen LogP contribution in [-0.2, 0) is 6.61 Å². The molecule has 0 fully saturated rings. The molecule has 0 aliphatic rings. The van der Waals surface area contributed by atoms with Crippen LogP contribution in [0.15, 0.2) is 60.0 Å². The Morgan fingerprint density at radius 3 is 2.75 bits per heavy atom. The maximum absolute atomic E-state index is 13.7. The van der Waals surface area contributed by atoms with Gasteiger partial charge in [-0.05, 0) is 48.2 Å². The number of anilines is 1. The Bertz CT molecular complexity index is 846. The van der Waals surface area contributed by atoms with Crippen LogP contribution in [-0.4, -0.2) is 5.91 Å². The van der Waals surface area contributed by atoms with Crippen molar-refractivity contribution in [1.29, 1.82) is 0 Å².